The summed E-state index contributed by atoms with van der Waals surface area (Å²) in [5.41, 5.74) is 0.551. The molecule has 1 aromatic heterocycles. The van der Waals surface area contributed by atoms with Crippen LogP contribution in [0.5, 0.6) is 0 Å². The maximum atomic E-state index is 12.2. The van der Waals surface area contributed by atoms with E-state index >= 15 is 0 Å². The van der Waals surface area contributed by atoms with E-state index in [4.69, 9.17) is 0 Å². The van der Waals surface area contributed by atoms with Crippen molar-refractivity contribution in [2.45, 2.75) is 19.4 Å². The third-order valence-electron chi connectivity index (χ3n) is 3.30. The second-order valence-corrected chi connectivity index (χ2v) is 5.29. The van der Waals surface area contributed by atoms with Crippen LogP contribution < -0.4 is 10.6 Å². The van der Waals surface area contributed by atoms with Crippen molar-refractivity contribution in [1.29, 1.82) is 0 Å². The number of aromatic nitrogens is 2. The molecule has 0 aliphatic carbocycles. The largest absolute Gasteiger partial charge is 0.384 e. The lowest BCUT2D eigenvalue weighted by Gasteiger charge is -2.24. The van der Waals surface area contributed by atoms with Crippen LogP contribution in [0.15, 0.2) is 36.4 Å². The first-order valence-corrected chi connectivity index (χ1v) is 7.02. The number of hydrogen-bond donors (Lipinski definition) is 3. The second kappa shape index (κ2) is 6.53. The van der Waals surface area contributed by atoms with Crippen molar-refractivity contribution in [2.75, 3.05) is 18.9 Å². The van der Waals surface area contributed by atoms with E-state index in [1.165, 1.54) is 0 Å². The number of benzene rings is 1. The van der Waals surface area contributed by atoms with Gasteiger partial charge < -0.3 is 15.7 Å². The molecule has 0 aliphatic heterocycles. The standard InChI is InChI=1S/C16H20N4O2/c1-11-9-13(20-15(17-3)19-11)14(21)18-10-16(2,22)12-7-5-4-6-8-12/h4-9,22H,10H2,1-3H3,(H,18,21)(H,17,19,20)/t16-/m0/s1. The van der Waals surface area contributed by atoms with Gasteiger partial charge >= 0.3 is 0 Å². The maximum Gasteiger partial charge on any atom is 0.270 e. The number of aliphatic hydroxyl groups is 1. The zero-order chi connectivity index (χ0) is 16.2. The summed E-state index contributed by atoms with van der Waals surface area (Å²) in [6.07, 6.45) is 0. The smallest absolute Gasteiger partial charge is 0.270 e. The van der Waals surface area contributed by atoms with Gasteiger partial charge in [-0.1, -0.05) is 30.3 Å². The Kier molecular flexibility index (Phi) is 4.72. The lowest BCUT2D eigenvalue weighted by molar-refractivity contribution is 0.0525. The van der Waals surface area contributed by atoms with E-state index in [0.29, 0.717) is 11.6 Å². The van der Waals surface area contributed by atoms with Crippen molar-refractivity contribution in [3.8, 4) is 0 Å². The fourth-order valence-corrected chi connectivity index (χ4v) is 2.04. The van der Waals surface area contributed by atoms with Crippen molar-refractivity contribution < 1.29 is 9.90 Å². The minimum absolute atomic E-state index is 0.0911. The van der Waals surface area contributed by atoms with Gasteiger partial charge in [0.25, 0.3) is 5.91 Å². The van der Waals surface area contributed by atoms with Crippen molar-refractivity contribution in [2.24, 2.45) is 0 Å². The molecule has 1 aromatic carbocycles. The van der Waals surface area contributed by atoms with E-state index in [2.05, 4.69) is 20.6 Å². The van der Waals surface area contributed by atoms with Crippen LogP contribution in [0.1, 0.15) is 28.7 Å². The predicted octanol–water partition coefficient (Wildman–Crippen LogP) is 1.46. The molecule has 6 nitrogen and oxygen atoms in total. The van der Waals surface area contributed by atoms with Crippen LogP contribution in [-0.2, 0) is 5.60 Å². The monoisotopic (exact) mass is 300 g/mol. The van der Waals surface area contributed by atoms with E-state index in [9.17, 15) is 9.90 Å². The van der Waals surface area contributed by atoms with Crippen LogP contribution in [0.25, 0.3) is 0 Å². The molecule has 116 valence electrons. The average molecular weight is 300 g/mol. The van der Waals surface area contributed by atoms with E-state index in [1.54, 1.807) is 27.0 Å². The number of carbonyl (C=O) groups excluding carboxylic acids is 1. The number of anilines is 1. The Bertz CT molecular complexity index is 656. The first-order chi connectivity index (χ1) is 10.4. The van der Waals surface area contributed by atoms with Gasteiger partial charge in [0.2, 0.25) is 5.95 Å². The molecule has 1 amide bonds. The van der Waals surface area contributed by atoms with Crippen LogP contribution in [0.2, 0.25) is 0 Å². The summed E-state index contributed by atoms with van der Waals surface area (Å²) in [5, 5.41) is 16.0. The SMILES string of the molecule is CNc1nc(C)cc(C(=O)NC[C@](C)(O)c2ccccc2)n1. The minimum Gasteiger partial charge on any atom is -0.384 e. The van der Waals surface area contributed by atoms with Crippen LogP contribution in [0.3, 0.4) is 0 Å². The normalized spacial score (nSPS) is 13.3. The third-order valence-corrected chi connectivity index (χ3v) is 3.30. The van der Waals surface area contributed by atoms with Crippen LogP contribution >= 0.6 is 0 Å². The highest BCUT2D eigenvalue weighted by Gasteiger charge is 2.24. The summed E-state index contributed by atoms with van der Waals surface area (Å²) in [6.45, 7) is 3.54. The summed E-state index contributed by atoms with van der Waals surface area (Å²) in [5.74, 6) is 0.0400. The van der Waals surface area contributed by atoms with Crippen molar-refractivity contribution >= 4 is 11.9 Å². The summed E-state index contributed by atoms with van der Waals surface area (Å²) >= 11 is 0. The van der Waals surface area contributed by atoms with Gasteiger partial charge in [-0.3, -0.25) is 4.79 Å². The highest BCUT2D eigenvalue weighted by Crippen LogP contribution is 2.19. The average Bonchev–Trinajstić information content (AvgIpc) is 2.53. The van der Waals surface area contributed by atoms with Gasteiger partial charge in [0.1, 0.15) is 11.3 Å². The Morgan fingerprint density at radius 2 is 1.95 bits per heavy atom. The number of rotatable bonds is 5. The fraction of sp³-hybridized carbons (Fsp3) is 0.312. The molecule has 0 radical (unpaired) electrons. The highest BCUT2D eigenvalue weighted by atomic mass is 16.3. The van der Waals surface area contributed by atoms with Gasteiger partial charge in [0, 0.05) is 12.7 Å². The summed E-state index contributed by atoms with van der Waals surface area (Å²) in [7, 11) is 1.69. The molecule has 0 saturated carbocycles. The first kappa shape index (κ1) is 15.9. The number of aryl methyl sites for hydroxylation is 1. The molecule has 22 heavy (non-hydrogen) atoms. The van der Waals surface area contributed by atoms with Crippen LogP contribution in [0, 0.1) is 6.92 Å². The lowest BCUT2D eigenvalue weighted by atomic mass is 9.96. The molecule has 6 heteroatoms. The Balaban J connectivity index is 2.08. The molecule has 0 aliphatic rings. The molecule has 2 aromatic rings. The van der Waals surface area contributed by atoms with Gasteiger partial charge in [-0.15, -0.1) is 0 Å². The number of carbonyl (C=O) groups is 1. The minimum atomic E-state index is -1.15. The Morgan fingerprint density at radius 3 is 2.59 bits per heavy atom. The molecule has 0 fully saturated rings. The fourth-order valence-electron chi connectivity index (χ4n) is 2.04. The van der Waals surface area contributed by atoms with E-state index in [-0.39, 0.29) is 18.1 Å². The van der Waals surface area contributed by atoms with Crippen molar-refractivity contribution in [1.82, 2.24) is 15.3 Å². The molecular weight excluding hydrogens is 280 g/mol. The van der Waals surface area contributed by atoms with Crippen LogP contribution in [0.4, 0.5) is 5.95 Å². The molecule has 0 spiro atoms. The molecule has 1 atom stereocenters. The Hall–Kier alpha value is -2.47. The number of amides is 1. The topological polar surface area (TPSA) is 87.1 Å². The highest BCUT2D eigenvalue weighted by molar-refractivity contribution is 5.92. The number of nitrogens with one attached hydrogen (secondary N) is 2. The van der Waals surface area contributed by atoms with E-state index < -0.39 is 5.60 Å². The van der Waals surface area contributed by atoms with Gasteiger partial charge in [0.15, 0.2) is 0 Å². The van der Waals surface area contributed by atoms with Gasteiger partial charge in [-0.2, -0.15) is 0 Å². The molecule has 0 unspecified atom stereocenters. The van der Waals surface area contributed by atoms with E-state index in [0.717, 1.165) is 5.56 Å². The maximum absolute atomic E-state index is 12.2. The molecule has 0 saturated heterocycles. The number of hydrogen-bond acceptors (Lipinski definition) is 5. The Morgan fingerprint density at radius 1 is 1.27 bits per heavy atom. The summed E-state index contributed by atoms with van der Waals surface area (Å²) in [6, 6.07) is 10.8. The quantitative estimate of drug-likeness (QED) is 0.778. The van der Waals surface area contributed by atoms with Gasteiger partial charge in [0.05, 0.1) is 6.54 Å². The molecular formula is C16H20N4O2. The molecule has 2 rings (SSSR count). The summed E-state index contributed by atoms with van der Waals surface area (Å²) in [4.78, 5) is 20.5. The summed E-state index contributed by atoms with van der Waals surface area (Å²) < 4.78 is 0. The lowest BCUT2D eigenvalue weighted by Crippen LogP contribution is -2.39. The third kappa shape index (κ3) is 3.79. The molecule has 3 N–H and O–H groups in total. The second-order valence-electron chi connectivity index (χ2n) is 5.29. The van der Waals surface area contributed by atoms with Crippen molar-refractivity contribution in [3.05, 3.63) is 53.3 Å². The van der Waals surface area contributed by atoms with Gasteiger partial charge in [-0.25, -0.2) is 9.97 Å². The van der Waals surface area contributed by atoms with E-state index in [1.807, 2.05) is 30.3 Å². The molecule has 0 bridgehead atoms. The number of nitrogens with zero attached hydrogens (tertiary/aromatic N) is 2. The Labute approximate surface area is 129 Å². The van der Waals surface area contributed by atoms with Crippen LogP contribution in [-0.4, -0.2) is 34.6 Å². The predicted molar refractivity (Wildman–Crippen MR) is 84.7 cm³/mol. The van der Waals surface area contributed by atoms with Crippen molar-refractivity contribution in [3.63, 3.8) is 0 Å². The first-order valence-electron chi connectivity index (χ1n) is 7.02. The zero-order valence-corrected chi connectivity index (χ0v) is 12.9. The van der Waals surface area contributed by atoms with Gasteiger partial charge in [-0.05, 0) is 25.5 Å². The zero-order valence-electron chi connectivity index (χ0n) is 12.9. The molecule has 1 heterocycles.